The lowest BCUT2D eigenvalue weighted by Gasteiger charge is -2.23. The lowest BCUT2D eigenvalue weighted by molar-refractivity contribution is 0.248. The highest BCUT2D eigenvalue weighted by molar-refractivity contribution is 5.95. The number of carbonyl (C=O) groups excluding carboxylic acids is 1. The summed E-state index contributed by atoms with van der Waals surface area (Å²) >= 11 is 0. The van der Waals surface area contributed by atoms with E-state index in [-0.39, 0.29) is 6.03 Å². The van der Waals surface area contributed by atoms with Gasteiger partial charge in [0.05, 0.1) is 11.4 Å². The highest BCUT2D eigenvalue weighted by Crippen LogP contribution is 2.30. The molecule has 0 radical (unpaired) electrons. The number of hydrogen-bond acceptors (Lipinski definition) is 2. The van der Waals surface area contributed by atoms with E-state index in [2.05, 4.69) is 23.3 Å². The smallest absolute Gasteiger partial charge is 0.321 e. The van der Waals surface area contributed by atoms with E-state index in [1.165, 1.54) is 0 Å². The quantitative estimate of drug-likeness (QED) is 0.720. The van der Waals surface area contributed by atoms with Crippen LogP contribution in [0, 0.1) is 0 Å². The molecule has 0 aliphatic carbocycles. The van der Waals surface area contributed by atoms with E-state index >= 15 is 0 Å². The summed E-state index contributed by atoms with van der Waals surface area (Å²) in [4.78, 5) is 15.8. The summed E-state index contributed by atoms with van der Waals surface area (Å²) in [5.41, 5.74) is 2.10. The van der Waals surface area contributed by atoms with Gasteiger partial charge in [-0.3, -0.25) is 4.90 Å². The highest BCUT2D eigenvalue weighted by Gasteiger charge is 2.21. The first-order chi connectivity index (χ1) is 7.74. The molecule has 4 nitrogen and oxygen atoms in total. The number of nitrogens with one attached hydrogen (secondary N) is 1. The van der Waals surface area contributed by atoms with Crippen molar-refractivity contribution in [2.75, 3.05) is 37.0 Å². The summed E-state index contributed by atoms with van der Waals surface area (Å²) in [6.45, 7) is 1.74. The van der Waals surface area contributed by atoms with E-state index in [9.17, 15) is 4.79 Å². The number of fused-ring (bicyclic) bond motifs is 1. The molecule has 0 aromatic heterocycles. The van der Waals surface area contributed by atoms with Crippen LogP contribution < -0.4 is 15.1 Å². The van der Waals surface area contributed by atoms with Crippen molar-refractivity contribution >= 4 is 17.4 Å². The van der Waals surface area contributed by atoms with Gasteiger partial charge in [0.15, 0.2) is 0 Å². The molecule has 1 aliphatic rings. The predicted octanol–water partition coefficient (Wildman–Crippen LogP) is 1.67. The molecule has 2 rings (SSSR count). The van der Waals surface area contributed by atoms with Crippen LogP contribution in [0.4, 0.5) is 16.2 Å². The van der Waals surface area contributed by atoms with Gasteiger partial charge in [0.25, 0.3) is 0 Å². The third-order valence-electron chi connectivity index (χ3n) is 2.92. The molecule has 0 saturated heterocycles. The van der Waals surface area contributed by atoms with E-state index in [1.54, 1.807) is 11.9 Å². The minimum Gasteiger partial charge on any atom is -0.373 e. The molecule has 0 bridgehead atoms. The molecule has 0 atom stereocenters. The number of amides is 2. The topological polar surface area (TPSA) is 35.6 Å². The van der Waals surface area contributed by atoms with Gasteiger partial charge < -0.3 is 10.2 Å². The second kappa shape index (κ2) is 4.43. The van der Waals surface area contributed by atoms with Gasteiger partial charge in [-0.1, -0.05) is 12.1 Å². The molecule has 1 aromatic rings. The standard InChI is InChI=1S/C12H17N3O/c1-13-12(16)15-9-5-8-14(2)10-6-3-4-7-11(10)15/h3-4,6-7H,5,8-9H2,1-2H3,(H,13,16). The molecule has 0 unspecified atom stereocenters. The van der Waals surface area contributed by atoms with Crippen LogP contribution in [0.3, 0.4) is 0 Å². The number of para-hydroxylation sites is 2. The van der Waals surface area contributed by atoms with Gasteiger partial charge in [-0.25, -0.2) is 4.79 Å². The molecule has 1 heterocycles. The van der Waals surface area contributed by atoms with Crippen LogP contribution >= 0.6 is 0 Å². The number of anilines is 2. The van der Waals surface area contributed by atoms with Crippen LogP contribution in [0.25, 0.3) is 0 Å². The van der Waals surface area contributed by atoms with E-state index in [0.29, 0.717) is 0 Å². The first-order valence-electron chi connectivity index (χ1n) is 5.53. The Bertz CT molecular complexity index is 392. The second-order valence-corrected chi connectivity index (χ2v) is 3.97. The first-order valence-corrected chi connectivity index (χ1v) is 5.53. The summed E-state index contributed by atoms with van der Waals surface area (Å²) in [5, 5.41) is 2.69. The average Bonchev–Trinajstić information content (AvgIpc) is 2.49. The number of nitrogens with zero attached hydrogens (tertiary/aromatic N) is 2. The third kappa shape index (κ3) is 1.83. The van der Waals surface area contributed by atoms with Gasteiger partial charge in [0, 0.05) is 27.2 Å². The fraction of sp³-hybridized carbons (Fsp3) is 0.417. The molecule has 0 fully saturated rings. The Morgan fingerprint density at radius 1 is 1.25 bits per heavy atom. The zero-order valence-corrected chi connectivity index (χ0v) is 9.73. The van der Waals surface area contributed by atoms with Crippen LogP contribution in [-0.2, 0) is 0 Å². The maximum atomic E-state index is 11.8. The summed E-state index contributed by atoms with van der Waals surface area (Å²) in [7, 11) is 3.73. The van der Waals surface area contributed by atoms with E-state index in [1.807, 2.05) is 18.2 Å². The maximum Gasteiger partial charge on any atom is 0.321 e. The SMILES string of the molecule is CNC(=O)N1CCCN(C)c2ccccc21. The second-order valence-electron chi connectivity index (χ2n) is 3.97. The van der Waals surface area contributed by atoms with Gasteiger partial charge in [-0.2, -0.15) is 0 Å². The van der Waals surface area contributed by atoms with Gasteiger partial charge in [0.1, 0.15) is 0 Å². The molecule has 1 aromatic carbocycles. The lowest BCUT2D eigenvalue weighted by Crippen LogP contribution is -2.38. The Hall–Kier alpha value is -1.71. The van der Waals surface area contributed by atoms with E-state index in [4.69, 9.17) is 0 Å². The van der Waals surface area contributed by atoms with Crippen LogP contribution in [0.15, 0.2) is 24.3 Å². The number of urea groups is 1. The van der Waals surface area contributed by atoms with Crippen molar-refractivity contribution in [2.24, 2.45) is 0 Å². The van der Waals surface area contributed by atoms with Gasteiger partial charge >= 0.3 is 6.03 Å². The van der Waals surface area contributed by atoms with Crippen molar-refractivity contribution in [1.29, 1.82) is 0 Å². The summed E-state index contributed by atoms with van der Waals surface area (Å²) in [6, 6.07) is 7.97. The van der Waals surface area contributed by atoms with Crippen molar-refractivity contribution in [3.05, 3.63) is 24.3 Å². The van der Waals surface area contributed by atoms with E-state index in [0.717, 1.165) is 30.9 Å². The van der Waals surface area contributed by atoms with Crippen LogP contribution in [0.2, 0.25) is 0 Å². The minimum atomic E-state index is -0.0391. The average molecular weight is 219 g/mol. The van der Waals surface area contributed by atoms with E-state index < -0.39 is 0 Å². The predicted molar refractivity (Wildman–Crippen MR) is 66.1 cm³/mol. The van der Waals surface area contributed by atoms with Gasteiger partial charge in [-0.05, 0) is 18.6 Å². The number of carbonyl (C=O) groups is 1. The number of benzene rings is 1. The molecular weight excluding hydrogens is 202 g/mol. The summed E-state index contributed by atoms with van der Waals surface area (Å²) in [5.74, 6) is 0. The van der Waals surface area contributed by atoms with Crippen molar-refractivity contribution in [1.82, 2.24) is 5.32 Å². The van der Waals surface area contributed by atoms with Crippen molar-refractivity contribution in [2.45, 2.75) is 6.42 Å². The Morgan fingerprint density at radius 3 is 2.62 bits per heavy atom. The molecule has 0 saturated carbocycles. The number of hydrogen-bond donors (Lipinski definition) is 1. The molecular formula is C12H17N3O. The zero-order chi connectivity index (χ0) is 11.5. The Labute approximate surface area is 95.8 Å². The van der Waals surface area contributed by atoms with Crippen LogP contribution in [0.1, 0.15) is 6.42 Å². The third-order valence-corrected chi connectivity index (χ3v) is 2.92. The Morgan fingerprint density at radius 2 is 1.94 bits per heavy atom. The highest BCUT2D eigenvalue weighted by atomic mass is 16.2. The Kier molecular flexibility index (Phi) is 2.99. The van der Waals surface area contributed by atoms with Crippen LogP contribution in [0.5, 0.6) is 0 Å². The molecule has 1 N–H and O–H groups in total. The molecule has 4 heteroatoms. The van der Waals surface area contributed by atoms with Gasteiger partial charge in [0.2, 0.25) is 0 Å². The Balaban J connectivity index is 2.42. The molecule has 1 aliphatic heterocycles. The summed E-state index contributed by atoms with van der Waals surface area (Å²) in [6.07, 6.45) is 0.985. The number of rotatable bonds is 0. The largest absolute Gasteiger partial charge is 0.373 e. The normalized spacial score (nSPS) is 15.4. The first kappa shape index (κ1) is 10.8. The minimum absolute atomic E-state index is 0.0391. The fourth-order valence-corrected chi connectivity index (χ4v) is 2.07. The summed E-state index contributed by atoms with van der Waals surface area (Å²) < 4.78 is 0. The molecule has 86 valence electrons. The fourth-order valence-electron chi connectivity index (χ4n) is 2.07. The monoisotopic (exact) mass is 219 g/mol. The maximum absolute atomic E-state index is 11.8. The lowest BCUT2D eigenvalue weighted by atomic mass is 10.2. The van der Waals surface area contributed by atoms with Crippen molar-refractivity contribution in [3.8, 4) is 0 Å². The zero-order valence-electron chi connectivity index (χ0n) is 9.73. The van der Waals surface area contributed by atoms with Crippen LogP contribution in [-0.4, -0.2) is 33.2 Å². The molecule has 0 spiro atoms. The van der Waals surface area contributed by atoms with Crippen molar-refractivity contribution < 1.29 is 4.79 Å². The van der Waals surface area contributed by atoms with Gasteiger partial charge in [-0.15, -0.1) is 0 Å². The molecule has 2 amide bonds. The molecule has 16 heavy (non-hydrogen) atoms. The van der Waals surface area contributed by atoms with Crippen molar-refractivity contribution in [3.63, 3.8) is 0 Å².